The molecular weight excluding hydrogens is 212 g/mol. The Kier molecular flexibility index (Phi) is 4.62. The number of rotatable bonds is 5. The highest BCUT2D eigenvalue weighted by molar-refractivity contribution is 7.12. The van der Waals surface area contributed by atoms with E-state index >= 15 is 0 Å². The zero-order valence-corrected chi connectivity index (χ0v) is 9.09. The molecule has 0 unspecified atom stereocenters. The van der Waals surface area contributed by atoms with Gasteiger partial charge in [-0.1, -0.05) is 6.07 Å². The topological polar surface area (TPSA) is 93.5 Å². The van der Waals surface area contributed by atoms with Gasteiger partial charge in [0.05, 0.1) is 4.88 Å². The highest BCUT2D eigenvalue weighted by Crippen LogP contribution is 2.07. The number of nitrogens with zero attached hydrogens (tertiary/aromatic N) is 1. The van der Waals surface area contributed by atoms with Gasteiger partial charge in [-0.25, -0.2) is 0 Å². The molecule has 6 heteroatoms. The highest BCUT2D eigenvalue weighted by atomic mass is 32.1. The van der Waals surface area contributed by atoms with Crippen molar-refractivity contribution in [3.63, 3.8) is 0 Å². The van der Waals surface area contributed by atoms with Gasteiger partial charge in [-0.05, 0) is 17.9 Å². The molecule has 0 aromatic carbocycles. The number of aliphatic imine (C=N–C) groups is 1. The number of hydrogen-bond donors (Lipinski definition) is 3. The van der Waals surface area contributed by atoms with E-state index < -0.39 is 0 Å². The quantitative estimate of drug-likeness (QED) is 0.379. The van der Waals surface area contributed by atoms with E-state index in [1.807, 2.05) is 11.4 Å². The third-order valence-electron chi connectivity index (χ3n) is 1.66. The molecule has 0 aliphatic rings. The Bertz CT molecular complexity index is 330. The summed E-state index contributed by atoms with van der Waals surface area (Å²) >= 11 is 1.42. The minimum absolute atomic E-state index is 0.0466. The molecule has 0 aliphatic heterocycles. The number of carbonyl (C=O) groups is 1. The molecule has 0 aliphatic carbocycles. The summed E-state index contributed by atoms with van der Waals surface area (Å²) in [7, 11) is 0. The number of hydrogen-bond acceptors (Lipinski definition) is 3. The van der Waals surface area contributed by atoms with Crippen LogP contribution >= 0.6 is 11.3 Å². The summed E-state index contributed by atoms with van der Waals surface area (Å²) in [5, 5.41) is 4.65. The number of guanidine groups is 1. The number of nitrogens with one attached hydrogen (secondary N) is 1. The summed E-state index contributed by atoms with van der Waals surface area (Å²) in [6, 6.07) is 3.63. The first-order chi connectivity index (χ1) is 7.20. The Balaban J connectivity index is 2.16. The summed E-state index contributed by atoms with van der Waals surface area (Å²) in [5.41, 5.74) is 10.3. The summed E-state index contributed by atoms with van der Waals surface area (Å²) < 4.78 is 0. The second kappa shape index (κ2) is 6.02. The van der Waals surface area contributed by atoms with E-state index in [1.54, 1.807) is 6.07 Å². The SMILES string of the molecule is NC(N)=NCCCNC(=O)c1cccs1. The molecule has 0 fully saturated rings. The van der Waals surface area contributed by atoms with Crippen LogP contribution in [0, 0.1) is 0 Å². The van der Waals surface area contributed by atoms with Crippen LogP contribution in [0.2, 0.25) is 0 Å². The number of nitrogens with two attached hydrogens (primary N) is 2. The van der Waals surface area contributed by atoms with Gasteiger partial charge in [0.15, 0.2) is 5.96 Å². The number of thiophene rings is 1. The fourth-order valence-electron chi connectivity index (χ4n) is 0.984. The van der Waals surface area contributed by atoms with Crippen LogP contribution in [-0.4, -0.2) is 25.0 Å². The molecule has 1 aromatic heterocycles. The van der Waals surface area contributed by atoms with Gasteiger partial charge in [-0.3, -0.25) is 9.79 Å². The van der Waals surface area contributed by atoms with E-state index in [1.165, 1.54) is 11.3 Å². The maximum absolute atomic E-state index is 11.4. The molecule has 5 N–H and O–H groups in total. The molecule has 82 valence electrons. The van der Waals surface area contributed by atoms with Crippen LogP contribution in [0.3, 0.4) is 0 Å². The standard InChI is InChI=1S/C9H14N4OS/c10-9(11)13-5-2-4-12-8(14)7-3-1-6-15-7/h1,3,6H,2,4-5H2,(H,12,14)(H4,10,11,13). The first kappa shape index (κ1) is 11.5. The molecule has 1 amide bonds. The first-order valence-electron chi connectivity index (χ1n) is 4.57. The Hall–Kier alpha value is -1.56. The maximum atomic E-state index is 11.4. The van der Waals surface area contributed by atoms with E-state index in [0.29, 0.717) is 13.1 Å². The molecule has 0 radical (unpaired) electrons. The van der Waals surface area contributed by atoms with Crippen molar-refractivity contribution in [2.75, 3.05) is 13.1 Å². The summed E-state index contributed by atoms with van der Waals surface area (Å²) in [6.07, 6.45) is 0.731. The summed E-state index contributed by atoms with van der Waals surface area (Å²) in [5.74, 6) is 0.0364. The van der Waals surface area contributed by atoms with E-state index in [9.17, 15) is 4.79 Å². The minimum Gasteiger partial charge on any atom is -0.370 e. The molecule has 0 spiro atoms. The lowest BCUT2D eigenvalue weighted by Gasteiger charge is -2.01. The lowest BCUT2D eigenvalue weighted by molar-refractivity contribution is 0.0957. The number of carbonyl (C=O) groups excluding carboxylic acids is 1. The Morgan fingerprint density at radius 2 is 2.33 bits per heavy atom. The van der Waals surface area contributed by atoms with Crippen molar-refractivity contribution in [2.24, 2.45) is 16.5 Å². The van der Waals surface area contributed by atoms with Gasteiger partial charge in [-0.2, -0.15) is 0 Å². The van der Waals surface area contributed by atoms with Gasteiger partial charge < -0.3 is 16.8 Å². The van der Waals surface area contributed by atoms with Gasteiger partial charge in [0.25, 0.3) is 5.91 Å². The smallest absolute Gasteiger partial charge is 0.261 e. The van der Waals surface area contributed by atoms with Crippen molar-refractivity contribution in [1.29, 1.82) is 0 Å². The van der Waals surface area contributed by atoms with Crippen LogP contribution in [0.1, 0.15) is 16.1 Å². The Morgan fingerprint density at radius 3 is 2.93 bits per heavy atom. The van der Waals surface area contributed by atoms with Crippen LogP contribution in [0.25, 0.3) is 0 Å². The molecule has 5 nitrogen and oxygen atoms in total. The largest absolute Gasteiger partial charge is 0.370 e. The van der Waals surface area contributed by atoms with E-state index in [4.69, 9.17) is 11.5 Å². The molecule has 1 aromatic rings. The van der Waals surface area contributed by atoms with Gasteiger partial charge in [0.2, 0.25) is 0 Å². The monoisotopic (exact) mass is 226 g/mol. The van der Waals surface area contributed by atoms with Gasteiger partial charge in [-0.15, -0.1) is 11.3 Å². The van der Waals surface area contributed by atoms with Gasteiger partial charge in [0.1, 0.15) is 0 Å². The van der Waals surface area contributed by atoms with Gasteiger partial charge in [0, 0.05) is 13.1 Å². The summed E-state index contributed by atoms with van der Waals surface area (Å²) in [4.78, 5) is 15.9. The molecular formula is C9H14N4OS. The molecule has 0 atom stereocenters. The highest BCUT2D eigenvalue weighted by Gasteiger charge is 2.03. The predicted octanol–water partition coefficient (Wildman–Crippen LogP) is 0.141. The van der Waals surface area contributed by atoms with E-state index in [-0.39, 0.29) is 11.9 Å². The lowest BCUT2D eigenvalue weighted by Crippen LogP contribution is -2.25. The van der Waals surface area contributed by atoms with E-state index in [0.717, 1.165) is 11.3 Å². The third-order valence-corrected chi connectivity index (χ3v) is 2.53. The second-order valence-corrected chi connectivity index (χ2v) is 3.84. The average molecular weight is 226 g/mol. The van der Waals surface area contributed by atoms with E-state index in [2.05, 4.69) is 10.3 Å². The van der Waals surface area contributed by atoms with Crippen molar-refractivity contribution >= 4 is 23.2 Å². The van der Waals surface area contributed by atoms with Crippen molar-refractivity contribution < 1.29 is 4.79 Å². The fraction of sp³-hybridized carbons (Fsp3) is 0.333. The van der Waals surface area contributed by atoms with Crippen LogP contribution in [0.4, 0.5) is 0 Å². The molecule has 0 saturated heterocycles. The van der Waals surface area contributed by atoms with Crippen LogP contribution in [-0.2, 0) is 0 Å². The molecule has 1 heterocycles. The van der Waals surface area contributed by atoms with Crippen molar-refractivity contribution in [3.8, 4) is 0 Å². The number of amides is 1. The molecule has 15 heavy (non-hydrogen) atoms. The molecule has 1 rings (SSSR count). The first-order valence-corrected chi connectivity index (χ1v) is 5.45. The Morgan fingerprint density at radius 1 is 1.53 bits per heavy atom. The van der Waals surface area contributed by atoms with Gasteiger partial charge >= 0.3 is 0 Å². The van der Waals surface area contributed by atoms with Crippen molar-refractivity contribution in [2.45, 2.75) is 6.42 Å². The van der Waals surface area contributed by atoms with Crippen molar-refractivity contribution in [3.05, 3.63) is 22.4 Å². The maximum Gasteiger partial charge on any atom is 0.261 e. The average Bonchev–Trinajstić information content (AvgIpc) is 2.69. The van der Waals surface area contributed by atoms with Crippen molar-refractivity contribution in [1.82, 2.24) is 5.32 Å². The summed E-state index contributed by atoms with van der Waals surface area (Å²) in [6.45, 7) is 1.11. The van der Waals surface area contributed by atoms with Crippen LogP contribution in [0.5, 0.6) is 0 Å². The zero-order chi connectivity index (χ0) is 11.1. The molecule has 0 saturated carbocycles. The molecule has 0 bridgehead atoms. The lowest BCUT2D eigenvalue weighted by atomic mass is 10.4. The third kappa shape index (κ3) is 4.46. The van der Waals surface area contributed by atoms with Crippen LogP contribution in [0.15, 0.2) is 22.5 Å². The second-order valence-electron chi connectivity index (χ2n) is 2.89. The Labute approximate surface area is 92.2 Å². The predicted molar refractivity (Wildman–Crippen MR) is 61.9 cm³/mol. The van der Waals surface area contributed by atoms with Crippen LogP contribution < -0.4 is 16.8 Å². The zero-order valence-electron chi connectivity index (χ0n) is 8.27. The fourth-order valence-corrected chi connectivity index (χ4v) is 1.62. The minimum atomic E-state index is -0.0466. The normalized spacial score (nSPS) is 9.60.